The summed E-state index contributed by atoms with van der Waals surface area (Å²) in [5.41, 5.74) is 0.787. The summed E-state index contributed by atoms with van der Waals surface area (Å²) < 4.78 is 41.8. The maximum atomic E-state index is 12.4. The van der Waals surface area contributed by atoms with Crippen molar-refractivity contribution in [3.63, 3.8) is 0 Å². The Morgan fingerprint density at radius 3 is 2.64 bits per heavy atom. The molecule has 0 aliphatic carbocycles. The van der Waals surface area contributed by atoms with E-state index in [4.69, 9.17) is 4.52 Å². The highest BCUT2D eigenvalue weighted by atomic mass is 127. The van der Waals surface area contributed by atoms with Gasteiger partial charge in [0.1, 0.15) is 12.0 Å². The quantitative estimate of drug-likeness (QED) is 0.377. The monoisotopic (exact) mass is 475 g/mol. The maximum Gasteiger partial charge on any atom is 0.401 e. The molecule has 0 bridgehead atoms. The second-order valence-electron chi connectivity index (χ2n) is 5.97. The van der Waals surface area contributed by atoms with Gasteiger partial charge in [-0.1, -0.05) is 5.16 Å². The van der Waals surface area contributed by atoms with E-state index in [1.165, 1.54) is 11.2 Å². The predicted octanol–water partition coefficient (Wildman–Crippen LogP) is 2.62. The van der Waals surface area contributed by atoms with E-state index in [0.717, 1.165) is 31.5 Å². The summed E-state index contributed by atoms with van der Waals surface area (Å²) in [4.78, 5) is 5.61. The number of alkyl halides is 3. The number of nitrogens with one attached hydrogen (secondary N) is 2. The van der Waals surface area contributed by atoms with E-state index in [0.29, 0.717) is 31.5 Å². The molecule has 1 fully saturated rings. The third kappa shape index (κ3) is 8.75. The average Bonchev–Trinajstić information content (AvgIpc) is 3.04. The molecular weight excluding hydrogens is 450 g/mol. The number of guanidine groups is 1. The first-order chi connectivity index (χ1) is 11.5. The van der Waals surface area contributed by atoms with E-state index in [1.807, 2.05) is 0 Å². The SMILES string of the molecule is CN=C(NCCC1CCN(CC(F)(F)F)CC1)NCc1ccon1.I. The fraction of sp³-hybridized carbons (Fsp3) is 0.733. The Morgan fingerprint density at radius 1 is 1.36 bits per heavy atom. The molecule has 2 rings (SSSR count). The lowest BCUT2D eigenvalue weighted by Gasteiger charge is -2.32. The van der Waals surface area contributed by atoms with Crippen LogP contribution in [0.15, 0.2) is 21.8 Å². The van der Waals surface area contributed by atoms with Crippen LogP contribution in [0, 0.1) is 5.92 Å². The minimum Gasteiger partial charge on any atom is -0.364 e. The molecule has 0 amide bonds. The molecule has 1 aliphatic rings. The predicted molar refractivity (Wildman–Crippen MR) is 100.0 cm³/mol. The zero-order chi connectivity index (χ0) is 17.4. The summed E-state index contributed by atoms with van der Waals surface area (Å²) in [6.07, 6.45) is -0.0509. The van der Waals surface area contributed by atoms with Gasteiger partial charge in [0.2, 0.25) is 0 Å². The van der Waals surface area contributed by atoms with E-state index in [-0.39, 0.29) is 24.0 Å². The lowest BCUT2D eigenvalue weighted by molar-refractivity contribution is -0.148. The van der Waals surface area contributed by atoms with Gasteiger partial charge >= 0.3 is 6.18 Å². The summed E-state index contributed by atoms with van der Waals surface area (Å²) in [5.74, 6) is 1.13. The average molecular weight is 475 g/mol. The number of hydrogen-bond donors (Lipinski definition) is 2. The summed E-state index contributed by atoms with van der Waals surface area (Å²) in [6.45, 7) is 1.50. The molecule has 0 unspecified atom stereocenters. The second kappa shape index (κ2) is 10.8. The molecule has 2 N–H and O–H groups in total. The number of nitrogens with zero attached hydrogens (tertiary/aromatic N) is 3. The molecule has 1 aromatic rings. The van der Waals surface area contributed by atoms with Crippen LogP contribution in [-0.2, 0) is 6.54 Å². The van der Waals surface area contributed by atoms with Crippen molar-refractivity contribution in [2.24, 2.45) is 10.9 Å². The van der Waals surface area contributed by atoms with Crippen LogP contribution in [0.4, 0.5) is 13.2 Å². The minimum absolute atomic E-state index is 0. The van der Waals surface area contributed by atoms with Gasteiger partial charge in [0.05, 0.1) is 13.1 Å². The van der Waals surface area contributed by atoms with Gasteiger partial charge in [0.15, 0.2) is 5.96 Å². The Balaban J connectivity index is 0.00000312. The summed E-state index contributed by atoms with van der Waals surface area (Å²) in [5, 5.41) is 10.1. The van der Waals surface area contributed by atoms with Crippen molar-refractivity contribution in [3.8, 4) is 0 Å². The molecule has 0 saturated carbocycles. The number of piperidine rings is 1. The highest BCUT2D eigenvalue weighted by Crippen LogP contribution is 2.23. The van der Waals surface area contributed by atoms with Crippen LogP contribution in [0.1, 0.15) is 25.0 Å². The molecule has 0 radical (unpaired) electrons. The van der Waals surface area contributed by atoms with E-state index < -0.39 is 12.7 Å². The molecule has 1 saturated heterocycles. The third-order valence-electron chi connectivity index (χ3n) is 4.11. The first-order valence-electron chi connectivity index (χ1n) is 8.09. The summed E-state index contributed by atoms with van der Waals surface area (Å²) in [6, 6.07) is 1.77. The van der Waals surface area contributed by atoms with E-state index in [2.05, 4.69) is 20.8 Å². The largest absolute Gasteiger partial charge is 0.401 e. The topological polar surface area (TPSA) is 65.7 Å². The molecule has 1 aromatic heterocycles. The highest BCUT2D eigenvalue weighted by Gasteiger charge is 2.32. The lowest BCUT2D eigenvalue weighted by atomic mass is 9.93. The molecule has 6 nitrogen and oxygen atoms in total. The lowest BCUT2D eigenvalue weighted by Crippen LogP contribution is -2.41. The van der Waals surface area contributed by atoms with Crippen LogP contribution in [0.5, 0.6) is 0 Å². The van der Waals surface area contributed by atoms with Crippen molar-refractivity contribution in [1.82, 2.24) is 20.7 Å². The summed E-state index contributed by atoms with van der Waals surface area (Å²) in [7, 11) is 1.69. The number of hydrogen-bond acceptors (Lipinski definition) is 4. The molecule has 1 aliphatic heterocycles. The van der Waals surface area contributed by atoms with Gasteiger partial charge in [0, 0.05) is 19.7 Å². The van der Waals surface area contributed by atoms with Crippen LogP contribution in [0.3, 0.4) is 0 Å². The number of rotatable bonds is 6. The zero-order valence-corrected chi connectivity index (χ0v) is 16.5. The second-order valence-corrected chi connectivity index (χ2v) is 5.97. The van der Waals surface area contributed by atoms with Gasteiger partial charge in [-0.3, -0.25) is 9.89 Å². The Labute approximate surface area is 162 Å². The van der Waals surface area contributed by atoms with Gasteiger partial charge in [0.25, 0.3) is 0 Å². The number of aromatic nitrogens is 1. The van der Waals surface area contributed by atoms with Crippen LogP contribution in [0.2, 0.25) is 0 Å². The van der Waals surface area contributed by atoms with E-state index >= 15 is 0 Å². The standard InChI is InChI=1S/C15H24F3N5O.HI/c1-19-14(21-10-13-5-9-24-22-13)20-6-2-12-3-7-23(8-4-12)11-15(16,17)18;/h5,9,12H,2-4,6-8,10-11H2,1H3,(H2,19,20,21);1H. The number of likely N-dealkylation sites (tertiary alicyclic amines) is 1. The van der Waals surface area contributed by atoms with Crippen LogP contribution in [-0.4, -0.2) is 55.4 Å². The first-order valence-corrected chi connectivity index (χ1v) is 8.09. The molecule has 0 aromatic carbocycles. The van der Waals surface area contributed by atoms with Crippen molar-refractivity contribution < 1.29 is 17.7 Å². The van der Waals surface area contributed by atoms with Gasteiger partial charge < -0.3 is 15.2 Å². The Hall–Kier alpha value is -1.04. The molecule has 0 atom stereocenters. The van der Waals surface area contributed by atoms with Crippen molar-refractivity contribution in [2.75, 3.05) is 33.2 Å². The van der Waals surface area contributed by atoms with Crippen molar-refractivity contribution in [1.29, 1.82) is 0 Å². The molecule has 144 valence electrons. The molecule has 25 heavy (non-hydrogen) atoms. The third-order valence-corrected chi connectivity index (χ3v) is 4.11. The zero-order valence-electron chi connectivity index (χ0n) is 14.2. The van der Waals surface area contributed by atoms with Crippen molar-refractivity contribution >= 4 is 29.9 Å². The van der Waals surface area contributed by atoms with Gasteiger partial charge in [-0.2, -0.15) is 13.2 Å². The van der Waals surface area contributed by atoms with Crippen LogP contribution in [0.25, 0.3) is 0 Å². The Kier molecular flexibility index (Phi) is 9.54. The minimum atomic E-state index is -4.10. The van der Waals surface area contributed by atoms with Crippen LogP contribution < -0.4 is 10.6 Å². The molecule has 10 heteroatoms. The maximum absolute atomic E-state index is 12.4. The fourth-order valence-electron chi connectivity index (χ4n) is 2.81. The smallest absolute Gasteiger partial charge is 0.364 e. The Morgan fingerprint density at radius 2 is 2.08 bits per heavy atom. The van der Waals surface area contributed by atoms with Gasteiger partial charge in [-0.05, 0) is 38.3 Å². The molecule has 2 heterocycles. The van der Waals surface area contributed by atoms with Crippen molar-refractivity contribution in [3.05, 3.63) is 18.0 Å². The Bertz CT molecular complexity index is 502. The fourth-order valence-corrected chi connectivity index (χ4v) is 2.81. The van der Waals surface area contributed by atoms with Crippen LogP contribution >= 0.6 is 24.0 Å². The number of aliphatic imine (C=N–C) groups is 1. The normalized spacial score (nSPS) is 17.2. The van der Waals surface area contributed by atoms with E-state index in [9.17, 15) is 13.2 Å². The summed E-state index contributed by atoms with van der Waals surface area (Å²) >= 11 is 0. The first kappa shape index (κ1) is 22.0. The molecular formula is C15H25F3IN5O. The highest BCUT2D eigenvalue weighted by molar-refractivity contribution is 14.0. The van der Waals surface area contributed by atoms with E-state index in [1.54, 1.807) is 13.1 Å². The van der Waals surface area contributed by atoms with Gasteiger partial charge in [-0.15, -0.1) is 24.0 Å². The van der Waals surface area contributed by atoms with Crippen molar-refractivity contribution in [2.45, 2.75) is 32.0 Å². The van der Waals surface area contributed by atoms with Gasteiger partial charge in [-0.25, -0.2) is 0 Å². The molecule has 0 spiro atoms. The number of halogens is 4.